The second-order valence-electron chi connectivity index (χ2n) is 12.9. The lowest BCUT2D eigenvalue weighted by Crippen LogP contribution is -2.65. The van der Waals surface area contributed by atoms with E-state index in [0.29, 0.717) is 19.3 Å². The minimum atomic E-state index is -1.05. The molecule has 11 atom stereocenters. The maximum absolute atomic E-state index is 12.1. The summed E-state index contributed by atoms with van der Waals surface area (Å²) in [5, 5.41) is 44.8. The molecule has 34 heavy (non-hydrogen) atoms. The molecule has 4 aliphatic carbocycles. The Morgan fingerprint density at radius 1 is 1.03 bits per heavy atom. The summed E-state index contributed by atoms with van der Waals surface area (Å²) in [7, 11) is 0. The zero-order valence-corrected chi connectivity index (χ0v) is 21.3. The summed E-state index contributed by atoms with van der Waals surface area (Å²) in [5.74, 6) is -0.137. The van der Waals surface area contributed by atoms with Crippen LogP contribution in [0, 0.1) is 45.8 Å². The summed E-state index contributed by atoms with van der Waals surface area (Å²) >= 11 is 0. The van der Waals surface area contributed by atoms with Crippen molar-refractivity contribution in [1.29, 1.82) is 0 Å². The van der Waals surface area contributed by atoms with Gasteiger partial charge >= 0.3 is 5.97 Å². The first-order valence-corrected chi connectivity index (χ1v) is 13.4. The van der Waals surface area contributed by atoms with E-state index >= 15 is 0 Å². The van der Waals surface area contributed by atoms with Crippen molar-refractivity contribution in [2.75, 3.05) is 6.54 Å². The molecule has 7 nitrogen and oxygen atoms in total. The Labute approximate surface area is 203 Å². The number of carbonyl (C=O) groups excluding carboxylic acids is 1. The maximum Gasteiger partial charge on any atom is 0.322 e. The monoisotopic (exact) mass is 479 g/mol. The molecule has 0 saturated heterocycles. The Morgan fingerprint density at radius 3 is 2.41 bits per heavy atom. The lowest BCUT2D eigenvalue weighted by Gasteiger charge is -2.67. The van der Waals surface area contributed by atoms with E-state index in [9.17, 15) is 24.9 Å². The van der Waals surface area contributed by atoms with Crippen LogP contribution in [0.4, 0.5) is 0 Å². The van der Waals surface area contributed by atoms with Gasteiger partial charge < -0.3 is 25.7 Å². The number of aliphatic hydroxyl groups excluding tert-OH is 3. The van der Waals surface area contributed by atoms with Gasteiger partial charge in [0.15, 0.2) is 0 Å². The summed E-state index contributed by atoms with van der Waals surface area (Å²) in [6.45, 7) is 8.60. The molecule has 4 aliphatic rings. The number of aliphatic hydroxyl groups is 3. The van der Waals surface area contributed by atoms with Gasteiger partial charge in [-0.2, -0.15) is 0 Å². The topological polar surface area (TPSA) is 127 Å². The fourth-order valence-electron chi connectivity index (χ4n) is 9.40. The minimum absolute atomic E-state index is 0.00433. The normalized spacial score (nSPS) is 48.9. The number of hydrogen-bond acceptors (Lipinski definition) is 5. The Hall–Kier alpha value is -1.18. The number of nitrogens with one attached hydrogen (secondary N) is 1. The van der Waals surface area contributed by atoms with Crippen LogP contribution < -0.4 is 5.32 Å². The van der Waals surface area contributed by atoms with E-state index in [4.69, 9.17) is 5.11 Å². The van der Waals surface area contributed by atoms with Gasteiger partial charge in [-0.05, 0) is 97.2 Å². The SMILES string of the molecule is C[C@@H](CCC(=O)NCC(=O)O)[C@H]1CC[C@H]2[C@@H]3[C@H](O)C[C@]4(C)C[C@H](O)CC[C@]4(C)[C@H]3C[C@H](O)[C@]12C. The summed E-state index contributed by atoms with van der Waals surface area (Å²) in [6.07, 6.45) is 5.63. The van der Waals surface area contributed by atoms with Crippen molar-refractivity contribution in [3.63, 3.8) is 0 Å². The van der Waals surface area contributed by atoms with E-state index in [1.807, 2.05) is 0 Å². The first-order chi connectivity index (χ1) is 15.8. The van der Waals surface area contributed by atoms with E-state index < -0.39 is 18.2 Å². The Kier molecular flexibility index (Phi) is 6.89. The van der Waals surface area contributed by atoms with Crippen LogP contribution in [0.1, 0.15) is 85.5 Å². The van der Waals surface area contributed by atoms with Crippen LogP contribution in [0.5, 0.6) is 0 Å². The maximum atomic E-state index is 12.1. The quantitative estimate of drug-likeness (QED) is 0.399. The molecule has 1 amide bonds. The van der Waals surface area contributed by atoms with Crippen molar-refractivity contribution in [3.05, 3.63) is 0 Å². The molecule has 0 bridgehead atoms. The highest BCUT2D eigenvalue weighted by Gasteiger charge is 2.68. The van der Waals surface area contributed by atoms with E-state index in [2.05, 4.69) is 33.0 Å². The van der Waals surface area contributed by atoms with Crippen LogP contribution >= 0.6 is 0 Å². The van der Waals surface area contributed by atoms with Gasteiger partial charge in [0.25, 0.3) is 0 Å². The molecule has 0 aromatic carbocycles. The van der Waals surface area contributed by atoms with Gasteiger partial charge in [0.1, 0.15) is 6.54 Å². The van der Waals surface area contributed by atoms with Gasteiger partial charge in [0, 0.05) is 6.42 Å². The van der Waals surface area contributed by atoms with Crippen LogP contribution in [0.2, 0.25) is 0 Å². The molecular formula is C27H45NO6. The summed E-state index contributed by atoms with van der Waals surface area (Å²) in [5.41, 5.74) is -0.408. The largest absolute Gasteiger partial charge is 0.480 e. The summed E-state index contributed by atoms with van der Waals surface area (Å²) in [6, 6.07) is 0. The third kappa shape index (κ3) is 4.00. The number of carbonyl (C=O) groups is 2. The lowest BCUT2D eigenvalue weighted by molar-refractivity contribution is -0.233. The van der Waals surface area contributed by atoms with Crippen molar-refractivity contribution < 1.29 is 30.0 Å². The highest BCUT2D eigenvalue weighted by Crippen LogP contribution is 2.71. The van der Waals surface area contributed by atoms with E-state index in [1.165, 1.54) is 0 Å². The second kappa shape index (κ2) is 9.04. The Morgan fingerprint density at radius 2 is 1.74 bits per heavy atom. The second-order valence-corrected chi connectivity index (χ2v) is 12.9. The molecule has 4 fully saturated rings. The highest BCUT2D eigenvalue weighted by molar-refractivity contribution is 5.81. The summed E-state index contributed by atoms with van der Waals surface area (Å²) < 4.78 is 0. The minimum Gasteiger partial charge on any atom is -0.480 e. The van der Waals surface area contributed by atoms with Crippen molar-refractivity contribution >= 4 is 11.9 Å². The Bertz CT molecular complexity index is 804. The number of rotatable bonds is 6. The van der Waals surface area contributed by atoms with Crippen LogP contribution in [0.3, 0.4) is 0 Å². The third-order valence-electron chi connectivity index (χ3n) is 11.4. The van der Waals surface area contributed by atoms with Gasteiger partial charge in [0.05, 0.1) is 18.3 Å². The lowest BCUT2D eigenvalue weighted by atomic mass is 9.39. The molecule has 5 N–H and O–H groups in total. The molecular weight excluding hydrogens is 434 g/mol. The highest BCUT2D eigenvalue weighted by atomic mass is 16.4. The van der Waals surface area contributed by atoms with Gasteiger partial charge in [-0.3, -0.25) is 9.59 Å². The van der Waals surface area contributed by atoms with E-state index in [1.54, 1.807) is 0 Å². The first-order valence-electron chi connectivity index (χ1n) is 13.4. The molecule has 0 aromatic heterocycles. The standard InChI is InChI=1S/C27H45NO6/c1-15(5-8-22(32)28-14-23(33)34)17-6-7-18-24-19(11-21(31)27(17,18)4)26(3)10-9-16(29)12-25(26,2)13-20(24)30/h15-21,24,29-31H,5-14H2,1-4H3,(H,28,32)(H,33,34)/t15-,16+,17+,18-,19-,20+,21-,24-,25-,26+,27+/m0/s1. The molecule has 0 heterocycles. The van der Waals surface area contributed by atoms with Crippen molar-refractivity contribution in [2.45, 2.75) is 104 Å². The van der Waals surface area contributed by atoms with Gasteiger partial charge in [0.2, 0.25) is 5.91 Å². The van der Waals surface area contributed by atoms with Crippen molar-refractivity contribution in [1.82, 2.24) is 5.32 Å². The third-order valence-corrected chi connectivity index (χ3v) is 11.4. The fourth-order valence-corrected chi connectivity index (χ4v) is 9.40. The molecule has 0 aliphatic heterocycles. The van der Waals surface area contributed by atoms with Crippen molar-refractivity contribution in [2.24, 2.45) is 45.8 Å². The molecule has 194 valence electrons. The number of aliphatic carboxylic acids is 1. The van der Waals surface area contributed by atoms with Crippen LogP contribution in [0.15, 0.2) is 0 Å². The number of carboxylic acid groups (broad SMARTS) is 1. The van der Waals surface area contributed by atoms with E-state index in [-0.39, 0.29) is 70.8 Å². The summed E-state index contributed by atoms with van der Waals surface area (Å²) in [4.78, 5) is 22.8. The molecule has 0 unspecified atom stereocenters. The Balaban J connectivity index is 1.52. The number of carboxylic acids is 1. The van der Waals surface area contributed by atoms with Crippen LogP contribution in [0.25, 0.3) is 0 Å². The predicted octanol–water partition coefficient (Wildman–Crippen LogP) is 2.96. The first kappa shape index (κ1) is 25.9. The fraction of sp³-hybridized carbons (Fsp3) is 0.926. The molecule has 4 rings (SSSR count). The molecule has 4 saturated carbocycles. The predicted molar refractivity (Wildman–Crippen MR) is 128 cm³/mol. The molecule has 0 spiro atoms. The number of amides is 1. The van der Waals surface area contributed by atoms with Gasteiger partial charge in [-0.15, -0.1) is 0 Å². The molecule has 0 radical (unpaired) electrons. The van der Waals surface area contributed by atoms with Gasteiger partial charge in [-0.25, -0.2) is 0 Å². The van der Waals surface area contributed by atoms with Crippen LogP contribution in [-0.4, -0.2) is 57.2 Å². The van der Waals surface area contributed by atoms with Crippen LogP contribution in [-0.2, 0) is 9.59 Å². The van der Waals surface area contributed by atoms with Crippen molar-refractivity contribution in [3.8, 4) is 0 Å². The smallest absolute Gasteiger partial charge is 0.322 e. The molecule has 0 aromatic rings. The average molecular weight is 480 g/mol. The van der Waals surface area contributed by atoms with Gasteiger partial charge in [-0.1, -0.05) is 27.7 Å². The van der Waals surface area contributed by atoms with E-state index in [0.717, 1.165) is 32.1 Å². The average Bonchev–Trinajstić information content (AvgIpc) is 3.11. The zero-order valence-electron chi connectivity index (χ0n) is 21.3. The number of hydrogen-bond donors (Lipinski definition) is 5. The molecule has 7 heteroatoms. The zero-order chi connectivity index (χ0) is 25.1. The number of fused-ring (bicyclic) bond motifs is 5.